The van der Waals surface area contributed by atoms with Crippen LogP contribution in [0.2, 0.25) is 0 Å². The van der Waals surface area contributed by atoms with Gasteiger partial charge >= 0.3 is 0 Å². The molecule has 0 N–H and O–H groups in total. The first-order valence-corrected chi connectivity index (χ1v) is 11.8. The zero-order valence-electron chi connectivity index (χ0n) is 18.5. The van der Waals surface area contributed by atoms with Gasteiger partial charge in [-0.05, 0) is 36.6 Å². The highest BCUT2D eigenvalue weighted by Gasteiger charge is 2.13. The van der Waals surface area contributed by atoms with Gasteiger partial charge in [0.1, 0.15) is 10.8 Å². The van der Waals surface area contributed by atoms with Gasteiger partial charge in [-0.1, -0.05) is 60.7 Å². The van der Waals surface area contributed by atoms with E-state index in [4.69, 9.17) is 9.72 Å². The molecule has 0 aliphatic heterocycles. The van der Waals surface area contributed by atoms with Gasteiger partial charge in [0.05, 0.1) is 12.3 Å². The highest BCUT2D eigenvalue weighted by atomic mass is 32.1. The first-order chi connectivity index (χ1) is 15.6. The zero-order valence-corrected chi connectivity index (χ0v) is 19.3. The Kier molecular flexibility index (Phi) is 7.29. The fourth-order valence-electron chi connectivity index (χ4n) is 3.65. The van der Waals surface area contributed by atoms with Gasteiger partial charge in [0.15, 0.2) is 0 Å². The summed E-state index contributed by atoms with van der Waals surface area (Å²) < 4.78 is 6.99. The first-order valence-electron chi connectivity index (χ1n) is 11.0. The van der Waals surface area contributed by atoms with Gasteiger partial charge in [-0.25, -0.2) is 4.98 Å². The number of nitrogens with zero attached hydrogens (tertiary/aromatic N) is 4. The summed E-state index contributed by atoms with van der Waals surface area (Å²) in [5, 5.41) is 5.36. The number of rotatable bonds is 10. The Hall–Kier alpha value is -3.03. The number of fused-ring (bicyclic) bond motifs is 1. The number of hydrogen-bond acceptors (Lipinski definition) is 6. The minimum absolute atomic E-state index is 0.121. The van der Waals surface area contributed by atoms with Crippen LogP contribution in [0.4, 0.5) is 0 Å². The van der Waals surface area contributed by atoms with E-state index in [1.54, 1.807) is 6.07 Å². The largest absolute Gasteiger partial charge is 0.494 e. The maximum Gasteiger partial charge on any atom is 0.275 e. The molecule has 0 aliphatic carbocycles. The van der Waals surface area contributed by atoms with Crippen molar-refractivity contribution in [1.82, 2.24) is 19.5 Å². The average molecular weight is 449 g/mol. The van der Waals surface area contributed by atoms with Crippen LogP contribution >= 0.6 is 11.3 Å². The number of aryl methyl sites for hydroxylation is 1. The molecule has 0 unspecified atom stereocenters. The molecule has 4 aromatic rings. The Morgan fingerprint density at radius 3 is 2.38 bits per heavy atom. The minimum atomic E-state index is -0.121. The Morgan fingerprint density at radius 1 is 0.969 bits per heavy atom. The molecule has 0 radical (unpaired) electrons. The third-order valence-corrected chi connectivity index (χ3v) is 6.05. The van der Waals surface area contributed by atoms with E-state index in [1.165, 1.54) is 27.0 Å². The van der Waals surface area contributed by atoms with Gasteiger partial charge in [-0.2, -0.15) is 9.61 Å². The Bertz CT molecular complexity index is 1200. The fraction of sp³-hybridized carbons (Fsp3) is 0.320. The summed E-state index contributed by atoms with van der Waals surface area (Å²) in [5.74, 6) is 0.874. The lowest BCUT2D eigenvalue weighted by Gasteiger charge is -2.22. The second-order valence-corrected chi connectivity index (χ2v) is 8.77. The van der Waals surface area contributed by atoms with Crippen LogP contribution in [-0.4, -0.2) is 26.1 Å². The number of benzene rings is 2. The summed E-state index contributed by atoms with van der Waals surface area (Å²) in [7, 11) is 0. The summed E-state index contributed by atoms with van der Waals surface area (Å²) in [5.41, 5.74) is 3.05. The first kappa shape index (κ1) is 22.2. The van der Waals surface area contributed by atoms with Crippen LogP contribution < -0.4 is 10.3 Å². The summed E-state index contributed by atoms with van der Waals surface area (Å²) in [6, 6.07) is 20.2. The molecule has 0 amide bonds. The third-order valence-electron chi connectivity index (χ3n) is 5.08. The van der Waals surface area contributed by atoms with Crippen molar-refractivity contribution in [3.63, 3.8) is 0 Å². The SMILES string of the molecule is CCCc1nn2c(=O)cc(CN(Cc3ccccc3)Cc3ccc(OCC)cc3)nc2s1. The van der Waals surface area contributed by atoms with Crippen molar-refractivity contribution in [2.24, 2.45) is 0 Å². The molecule has 2 aromatic carbocycles. The van der Waals surface area contributed by atoms with Crippen LogP contribution in [0.5, 0.6) is 5.75 Å². The van der Waals surface area contributed by atoms with Crippen LogP contribution in [0.1, 0.15) is 42.1 Å². The maximum absolute atomic E-state index is 12.6. The summed E-state index contributed by atoms with van der Waals surface area (Å²) in [4.78, 5) is 20.4. The molecule has 0 bridgehead atoms. The van der Waals surface area contributed by atoms with E-state index in [1.807, 2.05) is 37.3 Å². The molecule has 32 heavy (non-hydrogen) atoms. The van der Waals surface area contributed by atoms with Crippen LogP contribution in [0, 0.1) is 0 Å². The van der Waals surface area contributed by atoms with E-state index in [9.17, 15) is 4.79 Å². The topological polar surface area (TPSA) is 59.7 Å². The quantitative estimate of drug-likeness (QED) is 0.352. The standard InChI is InChI=1S/C25H28N4O2S/c1-3-8-23-27-29-24(30)15-21(26-25(29)32-23)18-28(16-19-9-6-5-7-10-19)17-20-11-13-22(14-12-20)31-4-2/h5-7,9-15H,3-4,8,16-18H2,1-2H3. The van der Waals surface area contributed by atoms with Gasteiger partial charge in [-0.3, -0.25) is 9.69 Å². The molecule has 6 nitrogen and oxygen atoms in total. The molecule has 7 heteroatoms. The van der Waals surface area contributed by atoms with Gasteiger partial charge in [0.2, 0.25) is 4.96 Å². The molecule has 4 rings (SSSR count). The lowest BCUT2D eigenvalue weighted by Crippen LogP contribution is -2.25. The molecular formula is C25H28N4O2S. The molecule has 0 saturated heterocycles. The molecule has 0 atom stereocenters. The van der Waals surface area contributed by atoms with E-state index in [2.05, 4.69) is 41.2 Å². The highest BCUT2D eigenvalue weighted by molar-refractivity contribution is 7.16. The monoisotopic (exact) mass is 448 g/mol. The van der Waals surface area contributed by atoms with E-state index in [0.29, 0.717) is 18.1 Å². The van der Waals surface area contributed by atoms with Crippen molar-refractivity contribution in [2.45, 2.75) is 46.3 Å². The molecule has 2 heterocycles. The van der Waals surface area contributed by atoms with Crippen molar-refractivity contribution in [3.05, 3.63) is 92.8 Å². The molecule has 0 fully saturated rings. The van der Waals surface area contributed by atoms with Gasteiger partial charge < -0.3 is 4.74 Å². The van der Waals surface area contributed by atoms with Crippen molar-refractivity contribution in [2.75, 3.05) is 6.61 Å². The van der Waals surface area contributed by atoms with Gasteiger partial charge in [-0.15, -0.1) is 0 Å². The molecule has 166 valence electrons. The second-order valence-electron chi connectivity index (χ2n) is 7.73. The summed E-state index contributed by atoms with van der Waals surface area (Å²) >= 11 is 1.50. The van der Waals surface area contributed by atoms with Gasteiger partial charge in [0.25, 0.3) is 5.56 Å². The van der Waals surface area contributed by atoms with Crippen LogP contribution in [0.3, 0.4) is 0 Å². The third kappa shape index (κ3) is 5.60. The average Bonchev–Trinajstić information content (AvgIpc) is 3.19. The Labute approximate surface area is 192 Å². The molecular weight excluding hydrogens is 420 g/mol. The van der Waals surface area contributed by atoms with Crippen molar-refractivity contribution in [3.8, 4) is 5.75 Å². The van der Waals surface area contributed by atoms with Gasteiger partial charge in [0, 0.05) is 32.1 Å². The molecule has 0 saturated carbocycles. The fourth-order valence-corrected chi connectivity index (χ4v) is 4.67. The maximum atomic E-state index is 12.6. The molecule has 0 aliphatic rings. The molecule has 0 spiro atoms. The zero-order chi connectivity index (χ0) is 22.3. The normalized spacial score (nSPS) is 11.3. The van der Waals surface area contributed by atoms with E-state index in [0.717, 1.165) is 42.4 Å². The Morgan fingerprint density at radius 2 is 1.69 bits per heavy atom. The smallest absolute Gasteiger partial charge is 0.275 e. The van der Waals surface area contributed by atoms with Crippen LogP contribution in [0.15, 0.2) is 65.5 Å². The summed E-state index contributed by atoms with van der Waals surface area (Å²) in [6.45, 7) is 6.83. The van der Waals surface area contributed by atoms with Crippen LogP contribution in [-0.2, 0) is 26.1 Å². The molecule has 2 aromatic heterocycles. The van der Waals surface area contributed by atoms with Crippen LogP contribution in [0.25, 0.3) is 4.96 Å². The van der Waals surface area contributed by atoms with E-state index >= 15 is 0 Å². The lowest BCUT2D eigenvalue weighted by atomic mass is 10.1. The predicted molar refractivity (Wildman–Crippen MR) is 128 cm³/mol. The highest BCUT2D eigenvalue weighted by Crippen LogP contribution is 2.18. The van der Waals surface area contributed by atoms with Crippen molar-refractivity contribution < 1.29 is 4.74 Å². The minimum Gasteiger partial charge on any atom is -0.494 e. The van der Waals surface area contributed by atoms with E-state index in [-0.39, 0.29) is 5.56 Å². The van der Waals surface area contributed by atoms with Crippen molar-refractivity contribution in [1.29, 1.82) is 0 Å². The number of hydrogen-bond donors (Lipinski definition) is 0. The van der Waals surface area contributed by atoms with E-state index < -0.39 is 0 Å². The Balaban J connectivity index is 1.58. The number of ether oxygens (including phenoxy) is 1. The predicted octanol–water partition coefficient (Wildman–Crippen LogP) is 4.70. The second kappa shape index (κ2) is 10.5. The lowest BCUT2D eigenvalue weighted by molar-refractivity contribution is 0.244. The number of aromatic nitrogens is 3. The summed E-state index contributed by atoms with van der Waals surface area (Å²) in [6.07, 6.45) is 1.86. The van der Waals surface area contributed by atoms with Crippen molar-refractivity contribution >= 4 is 16.3 Å².